The van der Waals surface area contributed by atoms with Crippen molar-refractivity contribution in [3.63, 3.8) is 0 Å². The minimum atomic E-state index is -4.39. The van der Waals surface area contributed by atoms with E-state index in [0.717, 1.165) is 0 Å². The average molecular weight is 462 g/mol. The van der Waals surface area contributed by atoms with Crippen LogP contribution in [0.3, 0.4) is 0 Å². The van der Waals surface area contributed by atoms with Crippen molar-refractivity contribution in [2.75, 3.05) is 0 Å². The molecule has 119 valence electrons. The van der Waals surface area contributed by atoms with Gasteiger partial charge in [-0.2, -0.15) is 8.42 Å². The van der Waals surface area contributed by atoms with Crippen molar-refractivity contribution in [3.05, 3.63) is 42.3 Å². The largest absolute Gasteiger partial charge is 0.299 e. The zero-order valence-corrected chi connectivity index (χ0v) is 16.1. The Morgan fingerprint density at radius 3 is 1.41 bits per heavy atom. The van der Waals surface area contributed by atoms with Crippen molar-refractivity contribution in [1.29, 1.82) is 0 Å². The van der Waals surface area contributed by atoms with Crippen LogP contribution in [0.4, 0.5) is 0 Å². The summed E-state index contributed by atoms with van der Waals surface area (Å²) < 4.78 is 28.5. The Kier molecular flexibility index (Phi) is 5.61. The standard InChI is InChI=1S/C11H2Cl7O3S/c1-21-22(19,20)11-3-2(5(13)9(17)10(11)18)4(12)7(15)8(16)6(3)14/h1H2. The van der Waals surface area contributed by atoms with E-state index in [1.165, 1.54) is 0 Å². The average Bonchev–Trinajstić information content (AvgIpc) is 2.47. The summed E-state index contributed by atoms with van der Waals surface area (Å²) in [6.07, 6.45) is 0. The van der Waals surface area contributed by atoms with E-state index in [9.17, 15) is 8.42 Å². The number of fused-ring (bicyclic) bond motifs is 1. The molecule has 0 spiro atoms. The Balaban J connectivity index is 3.31. The second-order valence-electron chi connectivity index (χ2n) is 3.85. The van der Waals surface area contributed by atoms with Gasteiger partial charge in [-0.25, -0.2) is 0 Å². The maximum atomic E-state index is 12.1. The molecule has 0 bridgehead atoms. The predicted octanol–water partition coefficient (Wildman–Crippen LogP) is 6.91. The fourth-order valence-electron chi connectivity index (χ4n) is 1.76. The van der Waals surface area contributed by atoms with Crippen LogP contribution in [0, 0.1) is 7.11 Å². The summed E-state index contributed by atoms with van der Waals surface area (Å²) in [7, 11) is -1.53. The van der Waals surface area contributed by atoms with Crippen LogP contribution < -0.4 is 0 Å². The van der Waals surface area contributed by atoms with Gasteiger partial charge in [0.15, 0.2) is 0 Å². The van der Waals surface area contributed by atoms with Gasteiger partial charge in [0.1, 0.15) is 4.90 Å². The molecule has 0 aliphatic rings. The summed E-state index contributed by atoms with van der Waals surface area (Å²) in [6, 6.07) is 0. The first-order chi connectivity index (χ1) is 10.1. The molecule has 0 aliphatic carbocycles. The molecule has 1 radical (unpaired) electrons. The maximum Gasteiger partial charge on any atom is 0.299 e. The van der Waals surface area contributed by atoms with Gasteiger partial charge in [-0.15, -0.1) is 0 Å². The molecule has 0 aliphatic heterocycles. The summed E-state index contributed by atoms with van der Waals surface area (Å²) in [5, 5.41) is -1.61. The molecule has 0 saturated heterocycles. The first-order valence-electron chi connectivity index (χ1n) is 5.07. The fourth-order valence-corrected chi connectivity index (χ4v) is 4.85. The predicted molar refractivity (Wildman–Crippen MR) is 92.6 cm³/mol. The van der Waals surface area contributed by atoms with Crippen molar-refractivity contribution >= 4 is 102 Å². The van der Waals surface area contributed by atoms with Crippen LogP contribution in [0.1, 0.15) is 0 Å². The summed E-state index contributed by atoms with van der Waals surface area (Å²) in [5.41, 5.74) is 0. The highest BCUT2D eigenvalue weighted by Crippen LogP contribution is 2.52. The number of benzene rings is 2. The van der Waals surface area contributed by atoms with E-state index in [4.69, 9.17) is 81.2 Å². The van der Waals surface area contributed by atoms with E-state index in [1.807, 2.05) is 0 Å². The van der Waals surface area contributed by atoms with E-state index in [0.29, 0.717) is 0 Å². The molecule has 2 aromatic carbocycles. The van der Waals surface area contributed by atoms with Crippen LogP contribution in [0.25, 0.3) is 10.8 Å². The van der Waals surface area contributed by atoms with Crippen molar-refractivity contribution < 1.29 is 12.6 Å². The Labute approximate surface area is 161 Å². The molecule has 0 atom stereocenters. The second-order valence-corrected chi connectivity index (χ2v) is 8.05. The monoisotopic (exact) mass is 459 g/mol. The minimum absolute atomic E-state index is 0.0206. The SMILES string of the molecule is [CH2]OS(=O)(=O)c1c(Cl)c(Cl)c(Cl)c2c(Cl)c(Cl)c(Cl)c(Cl)c12. The van der Waals surface area contributed by atoms with Gasteiger partial charge in [-0.1, -0.05) is 81.2 Å². The first kappa shape index (κ1) is 19.0. The van der Waals surface area contributed by atoms with Gasteiger partial charge >= 0.3 is 0 Å². The van der Waals surface area contributed by atoms with Gasteiger partial charge in [0, 0.05) is 10.8 Å². The number of rotatable bonds is 2. The van der Waals surface area contributed by atoms with E-state index >= 15 is 0 Å². The van der Waals surface area contributed by atoms with Gasteiger partial charge in [0.2, 0.25) is 0 Å². The highest BCUT2D eigenvalue weighted by molar-refractivity contribution is 7.87. The minimum Gasteiger partial charge on any atom is -0.264 e. The van der Waals surface area contributed by atoms with Crippen LogP contribution in [0.15, 0.2) is 4.90 Å². The maximum absolute atomic E-state index is 12.1. The van der Waals surface area contributed by atoms with Crippen LogP contribution in [0.5, 0.6) is 0 Å². The van der Waals surface area contributed by atoms with E-state index in [2.05, 4.69) is 11.3 Å². The van der Waals surface area contributed by atoms with E-state index in [-0.39, 0.29) is 40.9 Å². The zero-order chi connectivity index (χ0) is 17.0. The molecule has 0 saturated carbocycles. The third-order valence-corrected chi connectivity index (χ3v) is 7.16. The van der Waals surface area contributed by atoms with Gasteiger partial charge in [-0.3, -0.25) is 4.18 Å². The summed E-state index contributed by atoms with van der Waals surface area (Å²) in [6.45, 7) is 0. The van der Waals surface area contributed by atoms with Crippen LogP contribution in [0.2, 0.25) is 35.2 Å². The van der Waals surface area contributed by atoms with Crippen molar-refractivity contribution in [1.82, 2.24) is 0 Å². The van der Waals surface area contributed by atoms with Gasteiger partial charge in [-0.05, 0) is 0 Å². The van der Waals surface area contributed by atoms with Crippen molar-refractivity contribution in [2.45, 2.75) is 4.90 Å². The summed E-state index contributed by atoms with van der Waals surface area (Å²) >= 11 is 42.1. The lowest BCUT2D eigenvalue weighted by Gasteiger charge is -2.16. The molecule has 11 heteroatoms. The smallest absolute Gasteiger partial charge is 0.264 e. The van der Waals surface area contributed by atoms with Gasteiger partial charge < -0.3 is 0 Å². The Bertz CT molecular complexity index is 900. The van der Waals surface area contributed by atoms with E-state index in [1.54, 1.807) is 0 Å². The molecule has 22 heavy (non-hydrogen) atoms. The van der Waals surface area contributed by atoms with Crippen LogP contribution in [-0.2, 0) is 14.3 Å². The van der Waals surface area contributed by atoms with Gasteiger partial charge in [0.05, 0.1) is 42.3 Å². The molecule has 3 nitrogen and oxygen atoms in total. The van der Waals surface area contributed by atoms with Crippen LogP contribution in [-0.4, -0.2) is 8.42 Å². The molecule has 0 unspecified atom stereocenters. The summed E-state index contributed by atoms with van der Waals surface area (Å²) in [5.74, 6) is 0. The molecule has 0 aromatic heterocycles. The van der Waals surface area contributed by atoms with Crippen LogP contribution >= 0.6 is 81.2 Å². The zero-order valence-electron chi connectivity index (χ0n) is 9.99. The molecule has 2 aromatic rings. The third kappa shape index (κ3) is 2.77. The lowest BCUT2D eigenvalue weighted by molar-refractivity contribution is 0.439. The molecule has 0 N–H and O–H groups in total. The second kappa shape index (κ2) is 6.51. The highest BCUT2D eigenvalue weighted by Gasteiger charge is 2.31. The molecule has 0 amide bonds. The number of hydrogen-bond donors (Lipinski definition) is 0. The molecule has 0 fully saturated rings. The highest BCUT2D eigenvalue weighted by atomic mass is 35.5. The fraction of sp³-hybridized carbons (Fsp3) is 0. The topological polar surface area (TPSA) is 43.4 Å². The number of hydrogen-bond acceptors (Lipinski definition) is 3. The van der Waals surface area contributed by atoms with E-state index < -0.39 is 20.0 Å². The Morgan fingerprint density at radius 1 is 0.636 bits per heavy atom. The normalized spacial score (nSPS) is 12.2. The van der Waals surface area contributed by atoms with Gasteiger partial charge in [0.25, 0.3) is 10.1 Å². The summed E-state index contributed by atoms with van der Waals surface area (Å²) in [4.78, 5) is -0.556. The molecule has 2 rings (SSSR count). The Morgan fingerprint density at radius 2 is 1.00 bits per heavy atom. The quantitative estimate of drug-likeness (QED) is 0.277. The van der Waals surface area contributed by atoms with Crippen molar-refractivity contribution in [2.24, 2.45) is 0 Å². The van der Waals surface area contributed by atoms with Crippen molar-refractivity contribution in [3.8, 4) is 0 Å². The lowest BCUT2D eigenvalue weighted by atomic mass is 10.1. The molecule has 0 heterocycles. The first-order valence-corrected chi connectivity index (χ1v) is 9.12. The molecular formula is C11H2Cl7O3S. The number of halogens is 7. The third-order valence-electron chi connectivity index (χ3n) is 2.70. The molecular weight excluding hydrogens is 460 g/mol. The Hall–Kier alpha value is 0.640. The lowest BCUT2D eigenvalue weighted by Crippen LogP contribution is -2.05.